The van der Waals surface area contributed by atoms with Gasteiger partial charge in [-0.1, -0.05) is 18.2 Å². The highest BCUT2D eigenvalue weighted by molar-refractivity contribution is 7.98. The third-order valence-corrected chi connectivity index (χ3v) is 7.54. The third-order valence-electron chi connectivity index (χ3n) is 4.76. The van der Waals surface area contributed by atoms with Crippen molar-refractivity contribution < 1.29 is 27.5 Å². The molecule has 0 amide bonds. The van der Waals surface area contributed by atoms with Crippen molar-refractivity contribution in [3.05, 3.63) is 59.2 Å². The summed E-state index contributed by atoms with van der Waals surface area (Å²) in [5.41, 5.74) is 1.06. The van der Waals surface area contributed by atoms with Gasteiger partial charge in [0.15, 0.2) is 12.4 Å². The number of hydrogen-bond donors (Lipinski definition) is 0. The van der Waals surface area contributed by atoms with Crippen LogP contribution in [0.25, 0.3) is 0 Å². The van der Waals surface area contributed by atoms with Crippen LogP contribution >= 0.6 is 11.8 Å². The molecule has 0 unspecified atom stereocenters. The monoisotopic (exact) mass is 449 g/mol. The Kier molecular flexibility index (Phi) is 7.30. The molecule has 0 radical (unpaired) electrons. The summed E-state index contributed by atoms with van der Waals surface area (Å²) < 4.78 is 37.6. The number of carbonyl (C=O) groups is 2. The minimum atomic E-state index is -3.75. The van der Waals surface area contributed by atoms with Crippen molar-refractivity contribution in [2.75, 3.05) is 39.2 Å². The van der Waals surface area contributed by atoms with Gasteiger partial charge in [-0.3, -0.25) is 4.79 Å². The van der Waals surface area contributed by atoms with Crippen molar-refractivity contribution >= 4 is 33.5 Å². The molecule has 0 aromatic heterocycles. The minimum Gasteiger partial charge on any atom is -0.454 e. The highest BCUT2D eigenvalue weighted by atomic mass is 32.2. The summed E-state index contributed by atoms with van der Waals surface area (Å²) in [6, 6.07) is 11.4. The lowest BCUT2D eigenvalue weighted by atomic mass is 10.1. The van der Waals surface area contributed by atoms with Crippen LogP contribution in [0.2, 0.25) is 0 Å². The number of sulfonamides is 1. The second-order valence-electron chi connectivity index (χ2n) is 6.72. The number of esters is 1. The van der Waals surface area contributed by atoms with Crippen LogP contribution in [0.1, 0.15) is 26.3 Å². The van der Waals surface area contributed by atoms with E-state index in [0.29, 0.717) is 24.3 Å². The predicted molar refractivity (Wildman–Crippen MR) is 114 cm³/mol. The fourth-order valence-corrected chi connectivity index (χ4v) is 5.07. The smallest absolute Gasteiger partial charge is 0.338 e. The first-order chi connectivity index (χ1) is 14.3. The van der Waals surface area contributed by atoms with Crippen LogP contribution in [0.3, 0.4) is 0 Å². The molecule has 1 saturated heterocycles. The lowest BCUT2D eigenvalue weighted by Crippen LogP contribution is -2.40. The maximum absolute atomic E-state index is 12.9. The number of ether oxygens (including phenoxy) is 2. The van der Waals surface area contributed by atoms with Gasteiger partial charge >= 0.3 is 5.97 Å². The van der Waals surface area contributed by atoms with Crippen molar-refractivity contribution in [2.45, 2.75) is 16.7 Å². The molecule has 9 heteroatoms. The van der Waals surface area contributed by atoms with E-state index >= 15 is 0 Å². The molecule has 1 aliphatic heterocycles. The number of aryl methyl sites for hydroxylation is 1. The molecule has 0 N–H and O–H groups in total. The van der Waals surface area contributed by atoms with Crippen LogP contribution in [-0.2, 0) is 19.5 Å². The predicted octanol–water partition coefficient (Wildman–Crippen LogP) is 2.78. The average Bonchev–Trinajstić information content (AvgIpc) is 2.78. The Bertz CT molecular complexity index is 1030. The van der Waals surface area contributed by atoms with Gasteiger partial charge in [-0.2, -0.15) is 4.31 Å². The first kappa shape index (κ1) is 22.5. The highest BCUT2D eigenvalue weighted by Crippen LogP contribution is 2.23. The number of rotatable bonds is 7. The second-order valence-corrected chi connectivity index (χ2v) is 9.51. The quantitative estimate of drug-likeness (QED) is 0.365. The number of hydrogen-bond acceptors (Lipinski definition) is 7. The molecule has 0 atom stereocenters. The number of morpholine rings is 1. The van der Waals surface area contributed by atoms with E-state index in [2.05, 4.69) is 0 Å². The first-order valence-corrected chi connectivity index (χ1v) is 12.0. The number of Topliss-reactive ketones (excluding diaryl/α,β-unsaturated/α-hetero) is 1. The fraction of sp³-hybridized carbons (Fsp3) is 0.333. The van der Waals surface area contributed by atoms with E-state index in [1.54, 1.807) is 36.9 Å². The highest BCUT2D eigenvalue weighted by Gasteiger charge is 2.28. The van der Waals surface area contributed by atoms with Gasteiger partial charge in [0.1, 0.15) is 0 Å². The zero-order chi connectivity index (χ0) is 21.7. The fourth-order valence-electron chi connectivity index (χ4n) is 3.01. The number of thioether (sulfide) groups is 1. The van der Waals surface area contributed by atoms with E-state index in [4.69, 9.17) is 9.47 Å². The van der Waals surface area contributed by atoms with Crippen molar-refractivity contribution in [2.24, 2.45) is 0 Å². The van der Waals surface area contributed by atoms with E-state index in [1.807, 2.05) is 18.4 Å². The maximum atomic E-state index is 12.9. The molecule has 30 heavy (non-hydrogen) atoms. The Balaban J connectivity index is 1.71. The summed E-state index contributed by atoms with van der Waals surface area (Å²) in [4.78, 5) is 25.8. The van der Waals surface area contributed by atoms with Crippen molar-refractivity contribution in [1.82, 2.24) is 4.31 Å². The Labute approximate surface area is 180 Å². The molecular weight excluding hydrogens is 426 g/mol. The molecule has 0 spiro atoms. The molecular formula is C21H23NO6S2. The molecule has 7 nitrogen and oxygen atoms in total. The molecule has 1 heterocycles. The number of carbonyl (C=O) groups excluding carboxylic acids is 2. The topological polar surface area (TPSA) is 90.0 Å². The zero-order valence-corrected chi connectivity index (χ0v) is 18.4. The van der Waals surface area contributed by atoms with Gasteiger partial charge in [-0.05, 0) is 43.0 Å². The van der Waals surface area contributed by atoms with E-state index in [1.165, 1.54) is 16.4 Å². The van der Waals surface area contributed by atoms with E-state index in [-0.39, 0.29) is 29.3 Å². The first-order valence-electron chi connectivity index (χ1n) is 9.36. The van der Waals surface area contributed by atoms with E-state index < -0.39 is 22.6 Å². The van der Waals surface area contributed by atoms with Crippen molar-refractivity contribution in [3.8, 4) is 0 Å². The molecule has 2 aromatic carbocycles. The van der Waals surface area contributed by atoms with Gasteiger partial charge in [0.25, 0.3) is 0 Å². The molecule has 0 saturated carbocycles. The van der Waals surface area contributed by atoms with Gasteiger partial charge in [-0.15, -0.1) is 11.8 Å². The molecule has 0 bridgehead atoms. The molecule has 160 valence electrons. The summed E-state index contributed by atoms with van der Waals surface area (Å²) in [6.07, 6.45) is 1.94. The van der Waals surface area contributed by atoms with Gasteiger partial charge in [0, 0.05) is 23.5 Å². The molecule has 2 aromatic rings. The zero-order valence-electron chi connectivity index (χ0n) is 16.8. The summed E-state index contributed by atoms with van der Waals surface area (Å²) in [5.74, 6) is -1.08. The van der Waals surface area contributed by atoms with E-state index in [9.17, 15) is 18.0 Å². The number of ketones is 1. The average molecular weight is 450 g/mol. The number of nitrogens with zero attached hydrogens (tertiary/aromatic N) is 1. The molecule has 0 aliphatic carbocycles. The lowest BCUT2D eigenvalue weighted by Gasteiger charge is -2.26. The molecule has 1 aliphatic rings. The standard InChI is InChI=1S/C21H23NO6S2/c1-15-3-4-17(13-20(15)30(25,26)22-9-11-27-12-10-22)21(24)28-14-19(23)16-5-7-18(29-2)8-6-16/h3-8,13H,9-12,14H2,1-2H3. The van der Waals surface area contributed by atoms with Crippen LogP contribution < -0.4 is 0 Å². The SMILES string of the molecule is CSc1ccc(C(=O)COC(=O)c2ccc(C)c(S(=O)(=O)N3CCOCC3)c2)cc1. The van der Waals surface area contributed by atoms with Gasteiger partial charge in [0.2, 0.25) is 10.0 Å². The van der Waals surface area contributed by atoms with Crippen molar-refractivity contribution in [3.63, 3.8) is 0 Å². The largest absolute Gasteiger partial charge is 0.454 e. The van der Waals surface area contributed by atoms with Crippen molar-refractivity contribution in [1.29, 1.82) is 0 Å². The van der Waals surface area contributed by atoms with Crippen LogP contribution in [0, 0.1) is 6.92 Å². The summed E-state index contributed by atoms with van der Waals surface area (Å²) in [6.45, 7) is 2.45. The molecule has 3 rings (SSSR count). The van der Waals surface area contributed by atoms with Crippen LogP contribution in [-0.4, -0.2) is 63.6 Å². The second kappa shape index (κ2) is 9.74. The van der Waals surface area contributed by atoms with E-state index in [0.717, 1.165) is 4.90 Å². The lowest BCUT2D eigenvalue weighted by molar-refractivity contribution is 0.0474. The van der Waals surface area contributed by atoms with Gasteiger partial charge in [-0.25, -0.2) is 13.2 Å². The summed E-state index contributed by atoms with van der Waals surface area (Å²) >= 11 is 1.56. The van der Waals surface area contributed by atoms with Gasteiger partial charge in [0.05, 0.1) is 23.7 Å². The third kappa shape index (κ3) is 5.10. The van der Waals surface area contributed by atoms with Crippen LogP contribution in [0.4, 0.5) is 0 Å². The molecule has 1 fully saturated rings. The van der Waals surface area contributed by atoms with Gasteiger partial charge < -0.3 is 9.47 Å². The summed E-state index contributed by atoms with van der Waals surface area (Å²) in [7, 11) is -3.75. The number of benzene rings is 2. The maximum Gasteiger partial charge on any atom is 0.338 e. The Hall–Kier alpha value is -2.20. The summed E-state index contributed by atoms with van der Waals surface area (Å²) in [5, 5.41) is 0. The minimum absolute atomic E-state index is 0.0535. The van der Waals surface area contributed by atoms with Crippen LogP contribution in [0.15, 0.2) is 52.3 Å². The Morgan fingerprint density at radius 1 is 1.07 bits per heavy atom. The Morgan fingerprint density at radius 2 is 1.70 bits per heavy atom. The normalized spacial score (nSPS) is 15.0. The van der Waals surface area contributed by atoms with Crippen LogP contribution in [0.5, 0.6) is 0 Å². The Morgan fingerprint density at radius 3 is 2.33 bits per heavy atom.